The monoisotopic (exact) mass is 490 g/mol. The van der Waals surface area contributed by atoms with E-state index in [1.54, 1.807) is 14.2 Å². The molecule has 154 valence electrons. The van der Waals surface area contributed by atoms with Crippen LogP contribution in [0.15, 0.2) is 23.2 Å². The highest BCUT2D eigenvalue weighted by Crippen LogP contribution is 2.31. The number of likely N-dealkylation sites (N-methyl/N-ethyl adjacent to an activating group) is 1. The Labute approximate surface area is 181 Å². The minimum atomic E-state index is 0. The molecule has 1 unspecified atom stereocenters. The highest BCUT2D eigenvalue weighted by atomic mass is 127. The summed E-state index contributed by atoms with van der Waals surface area (Å²) in [7, 11) is 9.37. The molecule has 2 rings (SSSR count). The third-order valence-electron chi connectivity index (χ3n) is 5.16. The topological polar surface area (TPSA) is 49.3 Å². The number of methoxy groups -OCH3 is 2. The number of guanidine groups is 1. The first-order valence-corrected chi connectivity index (χ1v) is 9.34. The van der Waals surface area contributed by atoms with Crippen LogP contribution in [0.4, 0.5) is 0 Å². The number of hydrogen-bond donors (Lipinski definition) is 1. The third-order valence-corrected chi connectivity index (χ3v) is 5.16. The van der Waals surface area contributed by atoms with Gasteiger partial charge in [-0.2, -0.15) is 0 Å². The van der Waals surface area contributed by atoms with Crippen molar-refractivity contribution in [3.63, 3.8) is 0 Å². The van der Waals surface area contributed by atoms with Crippen molar-refractivity contribution < 1.29 is 9.47 Å². The fourth-order valence-electron chi connectivity index (χ4n) is 3.40. The molecule has 0 bridgehead atoms. The van der Waals surface area contributed by atoms with Crippen LogP contribution in [-0.4, -0.2) is 70.8 Å². The fraction of sp³-hybridized carbons (Fsp3) is 0.650. The molecule has 0 spiro atoms. The number of ether oxygens (including phenoxy) is 2. The second kappa shape index (κ2) is 11.6. The summed E-state index contributed by atoms with van der Waals surface area (Å²) in [4.78, 5) is 9.06. The van der Waals surface area contributed by atoms with E-state index in [9.17, 15) is 0 Å². The molecular formula is C20H35IN4O2. The van der Waals surface area contributed by atoms with Crippen molar-refractivity contribution in [3.8, 4) is 11.5 Å². The molecular weight excluding hydrogens is 455 g/mol. The van der Waals surface area contributed by atoms with Gasteiger partial charge in [0.2, 0.25) is 0 Å². The van der Waals surface area contributed by atoms with Crippen molar-refractivity contribution in [1.82, 2.24) is 15.1 Å². The Morgan fingerprint density at radius 2 is 1.85 bits per heavy atom. The lowest BCUT2D eigenvalue weighted by molar-refractivity contribution is 0.263. The molecule has 6 nitrogen and oxygen atoms in total. The Morgan fingerprint density at radius 1 is 1.22 bits per heavy atom. The average Bonchev–Trinajstić information content (AvgIpc) is 2.65. The molecule has 1 aromatic rings. The van der Waals surface area contributed by atoms with Gasteiger partial charge in [-0.05, 0) is 50.6 Å². The molecule has 0 aliphatic carbocycles. The van der Waals surface area contributed by atoms with E-state index in [-0.39, 0.29) is 30.0 Å². The number of piperidine rings is 1. The number of halogens is 1. The molecule has 27 heavy (non-hydrogen) atoms. The first-order valence-electron chi connectivity index (χ1n) is 9.34. The van der Waals surface area contributed by atoms with Gasteiger partial charge in [0, 0.05) is 26.7 Å². The molecule has 0 amide bonds. The minimum Gasteiger partial charge on any atom is -0.493 e. The predicted octanol–water partition coefficient (Wildman–Crippen LogP) is 3.23. The van der Waals surface area contributed by atoms with Crippen molar-refractivity contribution in [2.75, 3.05) is 55.0 Å². The minimum absolute atomic E-state index is 0. The fourth-order valence-corrected chi connectivity index (χ4v) is 3.40. The molecule has 1 atom stereocenters. The predicted molar refractivity (Wildman–Crippen MR) is 123 cm³/mol. The standard InChI is InChI=1S/C20H34N4O2.HI/c1-15-9-11-24(12-10-15)20(21-2)22-14-17(23(3)4)16-7-8-18(25-5)19(13-16)26-6;/h7-8,13,15,17H,9-12,14H2,1-6H3,(H,21,22);1H. The smallest absolute Gasteiger partial charge is 0.193 e. The van der Waals surface area contributed by atoms with Crippen LogP contribution in [0.5, 0.6) is 11.5 Å². The van der Waals surface area contributed by atoms with Crippen LogP contribution in [0.1, 0.15) is 31.4 Å². The zero-order chi connectivity index (χ0) is 19.1. The number of hydrogen-bond acceptors (Lipinski definition) is 4. The number of likely N-dealkylation sites (tertiary alicyclic amines) is 1. The summed E-state index contributed by atoms with van der Waals surface area (Å²) in [5.74, 6) is 3.31. The van der Waals surface area contributed by atoms with E-state index in [1.165, 1.54) is 18.4 Å². The maximum Gasteiger partial charge on any atom is 0.193 e. The summed E-state index contributed by atoms with van der Waals surface area (Å²) in [6.07, 6.45) is 2.46. The van der Waals surface area contributed by atoms with Gasteiger partial charge in [0.1, 0.15) is 0 Å². The van der Waals surface area contributed by atoms with Crippen LogP contribution >= 0.6 is 24.0 Å². The molecule has 1 aliphatic rings. The number of aliphatic imine (C=N–C) groups is 1. The zero-order valence-corrected chi connectivity index (χ0v) is 19.8. The molecule has 1 heterocycles. The largest absolute Gasteiger partial charge is 0.493 e. The molecule has 1 fully saturated rings. The lowest BCUT2D eigenvalue weighted by atomic mass is 9.99. The summed E-state index contributed by atoms with van der Waals surface area (Å²) >= 11 is 0. The van der Waals surface area contributed by atoms with Gasteiger partial charge in [-0.15, -0.1) is 24.0 Å². The van der Waals surface area contributed by atoms with Crippen LogP contribution in [0.2, 0.25) is 0 Å². The van der Waals surface area contributed by atoms with Crippen molar-refractivity contribution in [2.45, 2.75) is 25.8 Å². The Bertz CT molecular complexity index is 602. The zero-order valence-electron chi connectivity index (χ0n) is 17.5. The number of nitrogens with one attached hydrogen (secondary N) is 1. The van der Waals surface area contributed by atoms with Gasteiger partial charge < -0.3 is 24.6 Å². The average molecular weight is 490 g/mol. The van der Waals surface area contributed by atoms with Gasteiger partial charge in [-0.25, -0.2) is 0 Å². The first-order chi connectivity index (χ1) is 12.5. The highest BCUT2D eigenvalue weighted by Gasteiger charge is 2.21. The van der Waals surface area contributed by atoms with Gasteiger partial charge >= 0.3 is 0 Å². The number of rotatable bonds is 6. The van der Waals surface area contributed by atoms with Gasteiger partial charge in [-0.3, -0.25) is 4.99 Å². The molecule has 7 heteroatoms. The van der Waals surface area contributed by atoms with Gasteiger partial charge in [0.15, 0.2) is 17.5 Å². The van der Waals surface area contributed by atoms with Crippen molar-refractivity contribution >= 4 is 29.9 Å². The van der Waals surface area contributed by atoms with Gasteiger partial charge in [-0.1, -0.05) is 13.0 Å². The molecule has 0 radical (unpaired) electrons. The van der Waals surface area contributed by atoms with E-state index in [0.717, 1.165) is 43.0 Å². The SMILES string of the molecule is CN=C(NCC(c1ccc(OC)c(OC)c1)N(C)C)N1CCC(C)CC1.I. The van der Waals surface area contributed by atoms with E-state index in [1.807, 2.05) is 13.1 Å². The third kappa shape index (κ3) is 6.41. The maximum absolute atomic E-state index is 5.46. The quantitative estimate of drug-likeness (QED) is 0.377. The Morgan fingerprint density at radius 3 is 2.37 bits per heavy atom. The first kappa shape index (κ1) is 23.8. The summed E-state index contributed by atoms with van der Waals surface area (Å²) in [5, 5.41) is 3.56. The lowest BCUT2D eigenvalue weighted by Crippen LogP contribution is -2.47. The summed E-state index contributed by atoms with van der Waals surface area (Å²) in [5.41, 5.74) is 1.18. The van der Waals surface area contributed by atoms with Crippen LogP contribution in [0.3, 0.4) is 0 Å². The van der Waals surface area contributed by atoms with Crippen molar-refractivity contribution in [1.29, 1.82) is 0 Å². The van der Waals surface area contributed by atoms with Crippen molar-refractivity contribution in [3.05, 3.63) is 23.8 Å². The van der Waals surface area contributed by atoms with Crippen LogP contribution < -0.4 is 14.8 Å². The van der Waals surface area contributed by atoms with Crippen LogP contribution in [0.25, 0.3) is 0 Å². The molecule has 1 saturated heterocycles. The molecule has 1 N–H and O–H groups in total. The molecule has 0 aromatic heterocycles. The van der Waals surface area contributed by atoms with Crippen molar-refractivity contribution in [2.24, 2.45) is 10.9 Å². The second-order valence-corrected chi connectivity index (χ2v) is 7.19. The Balaban J connectivity index is 0.00000364. The summed E-state index contributed by atoms with van der Waals surface area (Å²) in [6, 6.07) is 6.32. The van der Waals surface area contributed by atoms with E-state index in [2.05, 4.69) is 53.3 Å². The normalized spacial score (nSPS) is 16.7. The number of nitrogens with zero attached hydrogens (tertiary/aromatic N) is 3. The Kier molecular flexibility index (Phi) is 10.2. The van der Waals surface area contributed by atoms with E-state index >= 15 is 0 Å². The number of benzene rings is 1. The second-order valence-electron chi connectivity index (χ2n) is 7.19. The van der Waals surface area contributed by atoms with E-state index < -0.39 is 0 Å². The highest BCUT2D eigenvalue weighted by molar-refractivity contribution is 14.0. The molecule has 1 aliphatic heterocycles. The van der Waals surface area contributed by atoms with E-state index in [4.69, 9.17) is 9.47 Å². The van der Waals surface area contributed by atoms with Crippen LogP contribution in [0, 0.1) is 5.92 Å². The lowest BCUT2D eigenvalue weighted by Gasteiger charge is -2.34. The summed E-state index contributed by atoms with van der Waals surface area (Å²) < 4.78 is 10.8. The maximum atomic E-state index is 5.46. The Hall–Kier alpha value is -1.22. The van der Waals surface area contributed by atoms with Gasteiger partial charge in [0.05, 0.1) is 20.3 Å². The molecule has 0 saturated carbocycles. The van der Waals surface area contributed by atoms with E-state index in [0.29, 0.717) is 0 Å². The molecule has 1 aromatic carbocycles. The van der Waals surface area contributed by atoms with Crippen LogP contribution in [-0.2, 0) is 0 Å². The summed E-state index contributed by atoms with van der Waals surface area (Å²) in [6.45, 7) is 5.25. The van der Waals surface area contributed by atoms with Gasteiger partial charge in [0.25, 0.3) is 0 Å².